The van der Waals surface area contributed by atoms with Crippen LogP contribution in [0.2, 0.25) is 0 Å². The summed E-state index contributed by atoms with van der Waals surface area (Å²) in [6.45, 7) is 0. The summed E-state index contributed by atoms with van der Waals surface area (Å²) in [5, 5.41) is 4.35. The average Bonchev–Trinajstić information content (AvgIpc) is 3.30. The van der Waals surface area contributed by atoms with Gasteiger partial charge in [-0.3, -0.25) is 4.79 Å². The highest BCUT2D eigenvalue weighted by Crippen LogP contribution is 2.49. The third-order valence-electron chi connectivity index (χ3n) is 7.19. The zero-order valence-corrected chi connectivity index (χ0v) is 16.8. The molecule has 2 fully saturated rings. The number of amides is 1. The summed E-state index contributed by atoms with van der Waals surface area (Å²) in [6, 6.07) is 18.8. The molecule has 29 heavy (non-hydrogen) atoms. The van der Waals surface area contributed by atoms with Crippen molar-refractivity contribution in [1.29, 1.82) is 0 Å². The standard InChI is InChI=1S/C26H29NO2/c28-26(22-12-9-19-13-14-29-25(19)17-22)27-23-15-20-10-11-21(16-23)24(20)8-4-7-18-5-2-1-3-6-18/h1-3,5-6,9,12-14,17,20-21,23-24H,4,7-8,10-11,15-16H2,(H,27,28)/t20-,21+,23?,24?. The van der Waals surface area contributed by atoms with Crippen molar-refractivity contribution in [3.63, 3.8) is 0 Å². The molecule has 2 bridgehead atoms. The van der Waals surface area contributed by atoms with Gasteiger partial charge in [-0.1, -0.05) is 36.4 Å². The molecule has 150 valence electrons. The second kappa shape index (κ2) is 8.06. The van der Waals surface area contributed by atoms with E-state index in [4.69, 9.17) is 4.42 Å². The molecule has 2 unspecified atom stereocenters. The molecule has 1 N–H and O–H groups in total. The Balaban J connectivity index is 1.16. The number of nitrogens with one attached hydrogen (secondary N) is 1. The van der Waals surface area contributed by atoms with E-state index in [0.717, 1.165) is 41.6 Å². The summed E-state index contributed by atoms with van der Waals surface area (Å²) < 4.78 is 5.45. The first-order valence-electron chi connectivity index (χ1n) is 11.1. The van der Waals surface area contributed by atoms with Crippen LogP contribution in [0.25, 0.3) is 11.0 Å². The number of aryl methyl sites for hydroxylation is 1. The molecule has 1 aromatic heterocycles. The van der Waals surface area contributed by atoms with Gasteiger partial charge in [0.1, 0.15) is 5.58 Å². The molecular formula is C26H29NO2. The molecule has 2 aliphatic carbocycles. The Kier molecular flexibility index (Phi) is 5.13. The molecule has 2 aliphatic rings. The van der Waals surface area contributed by atoms with E-state index in [9.17, 15) is 4.79 Å². The van der Waals surface area contributed by atoms with E-state index in [-0.39, 0.29) is 5.91 Å². The second-order valence-corrected chi connectivity index (χ2v) is 8.95. The molecule has 4 atom stereocenters. The maximum Gasteiger partial charge on any atom is 0.251 e. The summed E-state index contributed by atoms with van der Waals surface area (Å²) in [5.41, 5.74) is 2.93. The maximum absolute atomic E-state index is 12.8. The molecule has 1 heterocycles. The first kappa shape index (κ1) is 18.5. The van der Waals surface area contributed by atoms with Gasteiger partial charge < -0.3 is 9.73 Å². The summed E-state index contributed by atoms with van der Waals surface area (Å²) in [5.74, 6) is 2.45. The van der Waals surface area contributed by atoms with Gasteiger partial charge in [-0.2, -0.15) is 0 Å². The zero-order chi connectivity index (χ0) is 19.6. The predicted molar refractivity (Wildman–Crippen MR) is 116 cm³/mol. The lowest BCUT2D eigenvalue weighted by Crippen LogP contribution is -2.41. The van der Waals surface area contributed by atoms with E-state index in [0.29, 0.717) is 11.6 Å². The minimum atomic E-state index is 0.0372. The van der Waals surface area contributed by atoms with E-state index < -0.39 is 0 Å². The largest absolute Gasteiger partial charge is 0.464 e. The van der Waals surface area contributed by atoms with Crippen LogP contribution in [0.3, 0.4) is 0 Å². The van der Waals surface area contributed by atoms with Crippen LogP contribution in [0.5, 0.6) is 0 Å². The third kappa shape index (κ3) is 3.96. The Hall–Kier alpha value is -2.55. The fraction of sp³-hybridized carbons (Fsp3) is 0.423. The molecule has 0 saturated heterocycles. The van der Waals surface area contributed by atoms with E-state index in [1.54, 1.807) is 6.26 Å². The van der Waals surface area contributed by atoms with Crippen molar-refractivity contribution in [2.45, 2.75) is 51.0 Å². The van der Waals surface area contributed by atoms with E-state index in [1.165, 1.54) is 37.7 Å². The highest BCUT2D eigenvalue weighted by molar-refractivity contribution is 5.97. The number of fused-ring (bicyclic) bond motifs is 3. The van der Waals surface area contributed by atoms with Gasteiger partial charge in [0.05, 0.1) is 6.26 Å². The van der Waals surface area contributed by atoms with Crippen LogP contribution in [0.15, 0.2) is 65.3 Å². The molecule has 3 heteroatoms. The van der Waals surface area contributed by atoms with Gasteiger partial charge in [0.2, 0.25) is 0 Å². The fourth-order valence-electron chi connectivity index (χ4n) is 5.79. The van der Waals surface area contributed by atoms with Crippen molar-refractivity contribution >= 4 is 16.9 Å². The lowest BCUT2D eigenvalue weighted by Gasteiger charge is -2.36. The molecule has 0 aliphatic heterocycles. The number of benzene rings is 2. The smallest absolute Gasteiger partial charge is 0.251 e. The summed E-state index contributed by atoms with van der Waals surface area (Å²) in [4.78, 5) is 12.8. The first-order chi connectivity index (χ1) is 14.3. The lowest BCUT2D eigenvalue weighted by atomic mass is 9.74. The van der Waals surface area contributed by atoms with Gasteiger partial charge in [0.25, 0.3) is 5.91 Å². The molecule has 2 aromatic carbocycles. The Morgan fingerprint density at radius 3 is 2.59 bits per heavy atom. The number of carbonyl (C=O) groups is 1. The minimum Gasteiger partial charge on any atom is -0.464 e. The highest BCUT2D eigenvalue weighted by atomic mass is 16.3. The van der Waals surface area contributed by atoms with Crippen molar-refractivity contribution < 1.29 is 9.21 Å². The SMILES string of the molecule is O=C(NC1C[C@H]2CC[C@@H](C1)C2CCCc1ccccc1)c1ccc2ccoc2c1. The topological polar surface area (TPSA) is 42.2 Å². The quantitative estimate of drug-likeness (QED) is 0.564. The molecule has 0 spiro atoms. The van der Waals surface area contributed by atoms with Crippen LogP contribution in [0.1, 0.15) is 54.4 Å². The van der Waals surface area contributed by atoms with Gasteiger partial charge in [-0.05, 0) is 86.5 Å². The Morgan fingerprint density at radius 2 is 1.79 bits per heavy atom. The zero-order valence-electron chi connectivity index (χ0n) is 16.8. The van der Waals surface area contributed by atoms with Crippen LogP contribution in [-0.2, 0) is 6.42 Å². The molecule has 5 rings (SSSR count). The number of carbonyl (C=O) groups excluding carboxylic acids is 1. The highest BCUT2D eigenvalue weighted by Gasteiger charge is 2.42. The Morgan fingerprint density at radius 1 is 1.00 bits per heavy atom. The van der Waals surface area contributed by atoms with Crippen LogP contribution < -0.4 is 5.32 Å². The van der Waals surface area contributed by atoms with E-state index >= 15 is 0 Å². The average molecular weight is 388 g/mol. The third-order valence-corrected chi connectivity index (χ3v) is 7.19. The second-order valence-electron chi connectivity index (χ2n) is 8.95. The number of rotatable bonds is 6. The van der Waals surface area contributed by atoms with Crippen molar-refractivity contribution in [3.8, 4) is 0 Å². The van der Waals surface area contributed by atoms with Gasteiger partial charge in [-0.25, -0.2) is 0 Å². The monoisotopic (exact) mass is 387 g/mol. The van der Waals surface area contributed by atoms with Crippen LogP contribution in [0, 0.1) is 17.8 Å². The summed E-state index contributed by atoms with van der Waals surface area (Å²) in [6.07, 6.45) is 10.4. The minimum absolute atomic E-state index is 0.0372. The van der Waals surface area contributed by atoms with Gasteiger partial charge in [0, 0.05) is 17.0 Å². The molecule has 0 radical (unpaired) electrons. The van der Waals surface area contributed by atoms with Crippen LogP contribution in [0.4, 0.5) is 0 Å². The summed E-state index contributed by atoms with van der Waals surface area (Å²) in [7, 11) is 0. The van der Waals surface area contributed by atoms with Gasteiger partial charge in [0.15, 0.2) is 0 Å². The van der Waals surface area contributed by atoms with Gasteiger partial charge >= 0.3 is 0 Å². The molecular weight excluding hydrogens is 358 g/mol. The van der Waals surface area contributed by atoms with E-state index in [1.807, 2.05) is 24.3 Å². The lowest BCUT2D eigenvalue weighted by molar-refractivity contribution is 0.0893. The van der Waals surface area contributed by atoms with Gasteiger partial charge in [-0.15, -0.1) is 0 Å². The molecule has 3 aromatic rings. The maximum atomic E-state index is 12.8. The normalized spacial score (nSPS) is 25.9. The molecule has 3 nitrogen and oxygen atoms in total. The van der Waals surface area contributed by atoms with Crippen molar-refractivity contribution in [3.05, 3.63) is 72.0 Å². The van der Waals surface area contributed by atoms with Crippen LogP contribution >= 0.6 is 0 Å². The molecule has 1 amide bonds. The first-order valence-corrected chi connectivity index (χ1v) is 11.1. The summed E-state index contributed by atoms with van der Waals surface area (Å²) >= 11 is 0. The molecule has 2 saturated carbocycles. The number of hydrogen-bond acceptors (Lipinski definition) is 2. The fourth-order valence-corrected chi connectivity index (χ4v) is 5.79. The number of hydrogen-bond donors (Lipinski definition) is 1. The van der Waals surface area contributed by atoms with Crippen LogP contribution in [-0.4, -0.2) is 11.9 Å². The van der Waals surface area contributed by atoms with Crippen molar-refractivity contribution in [1.82, 2.24) is 5.32 Å². The Bertz CT molecular complexity index is 963. The van der Waals surface area contributed by atoms with Crippen molar-refractivity contribution in [2.24, 2.45) is 17.8 Å². The number of furan rings is 1. The Labute approximate surface area is 172 Å². The van der Waals surface area contributed by atoms with E-state index in [2.05, 4.69) is 35.6 Å². The predicted octanol–water partition coefficient (Wildman–Crippen LogP) is 5.99. The van der Waals surface area contributed by atoms with Crippen molar-refractivity contribution in [2.75, 3.05) is 0 Å².